The van der Waals surface area contributed by atoms with Crippen LogP contribution in [0.3, 0.4) is 0 Å². The molecule has 1 aliphatic rings. The van der Waals surface area contributed by atoms with Crippen molar-refractivity contribution in [3.63, 3.8) is 0 Å². The van der Waals surface area contributed by atoms with Gasteiger partial charge >= 0.3 is 0 Å². The number of hydrogen-bond donors (Lipinski definition) is 3. The highest BCUT2D eigenvalue weighted by molar-refractivity contribution is 9.10. The Kier molecular flexibility index (Phi) is 6.88. The lowest BCUT2D eigenvalue weighted by molar-refractivity contribution is -0.121. The number of carbonyl (C=O) groups excluding carboxylic acids is 2. The molecule has 33 heavy (non-hydrogen) atoms. The van der Waals surface area contributed by atoms with Gasteiger partial charge in [-0.3, -0.25) is 9.59 Å². The van der Waals surface area contributed by atoms with Crippen LogP contribution in [-0.2, 0) is 4.79 Å². The van der Waals surface area contributed by atoms with Crippen LogP contribution in [0.1, 0.15) is 29.6 Å². The van der Waals surface area contributed by atoms with Crippen LogP contribution in [0.15, 0.2) is 65.3 Å². The maximum atomic E-state index is 12.8. The number of nitrogens with two attached hydrogens (primary N) is 1. The molecular formula is C24H25BrN6O2. The molecule has 0 unspecified atom stereocenters. The maximum absolute atomic E-state index is 12.8. The predicted octanol–water partition coefficient (Wildman–Crippen LogP) is 4.33. The summed E-state index contributed by atoms with van der Waals surface area (Å²) in [6, 6.07) is 16.6. The molecule has 8 nitrogen and oxygen atoms in total. The fraction of sp³-hybridized carbons (Fsp3) is 0.250. The van der Waals surface area contributed by atoms with Gasteiger partial charge < -0.3 is 21.3 Å². The van der Waals surface area contributed by atoms with E-state index in [9.17, 15) is 9.59 Å². The summed E-state index contributed by atoms with van der Waals surface area (Å²) in [5.74, 6) is 0.403. The minimum atomic E-state index is -0.291. The number of aromatic nitrogens is 2. The fourth-order valence-corrected chi connectivity index (χ4v) is 4.27. The summed E-state index contributed by atoms with van der Waals surface area (Å²) >= 11 is 3.46. The molecule has 2 aromatic carbocycles. The largest absolute Gasteiger partial charge is 0.369 e. The number of halogens is 1. The zero-order valence-electron chi connectivity index (χ0n) is 18.2. The van der Waals surface area contributed by atoms with Crippen LogP contribution in [-0.4, -0.2) is 34.9 Å². The van der Waals surface area contributed by atoms with Gasteiger partial charge in [-0.2, -0.15) is 4.98 Å². The van der Waals surface area contributed by atoms with Gasteiger partial charge in [-0.05, 0) is 65.2 Å². The van der Waals surface area contributed by atoms with E-state index in [-0.39, 0.29) is 23.8 Å². The van der Waals surface area contributed by atoms with E-state index in [1.807, 2.05) is 42.5 Å². The average molecular weight is 509 g/mol. The monoisotopic (exact) mass is 508 g/mol. The molecule has 170 valence electrons. The van der Waals surface area contributed by atoms with Gasteiger partial charge in [0.25, 0.3) is 5.91 Å². The Morgan fingerprint density at radius 2 is 1.82 bits per heavy atom. The molecule has 4 rings (SSSR count). The van der Waals surface area contributed by atoms with Gasteiger partial charge in [0.15, 0.2) is 0 Å². The van der Waals surface area contributed by atoms with Crippen molar-refractivity contribution in [2.24, 2.45) is 11.7 Å². The van der Waals surface area contributed by atoms with Crippen molar-refractivity contribution < 1.29 is 9.59 Å². The molecule has 0 spiro atoms. The smallest absolute Gasteiger partial charge is 0.258 e. The summed E-state index contributed by atoms with van der Waals surface area (Å²) in [7, 11) is 1.75. The highest BCUT2D eigenvalue weighted by Gasteiger charge is 2.32. The number of rotatable bonds is 7. The Morgan fingerprint density at radius 1 is 1.09 bits per heavy atom. The minimum absolute atomic E-state index is 0.0477. The molecule has 1 aliphatic carbocycles. The van der Waals surface area contributed by atoms with Crippen LogP contribution in [0.2, 0.25) is 0 Å². The molecule has 3 aromatic rings. The maximum Gasteiger partial charge on any atom is 0.258 e. The van der Waals surface area contributed by atoms with Gasteiger partial charge in [0.2, 0.25) is 11.9 Å². The number of amides is 2. The highest BCUT2D eigenvalue weighted by Crippen LogP contribution is 2.31. The average Bonchev–Trinajstić information content (AvgIpc) is 3.30. The van der Waals surface area contributed by atoms with Gasteiger partial charge in [0.05, 0.1) is 10.4 Å². The van der Waals surface area contributed by atoms with Crippen LogP contribution in [0.4, 0.5) is 23.1 Å². The SMILES string of the molecule is CN(C(=O)c1ccc(Nc2ncc(Br)c(N[C@@H]3CCC[C@@H]3C(N)=O)n2)cc1)c1ccccc1. The molecule has 4 N–H and O–H groups in total. The first kappa shape index (κ1) is 22.7. The summed E-state index contributed by atoms with van der Waals surface area (Å²) in [4.78, 5) is 34.9. The molecule has 0 saturated heterocycles. The quantitative estimate of drug-likeness (QED) is 0.437. The van der Waals surface area contributed by atoms with E-state index in [2.05, 4.69) is 36.5 Å². The Hall–Kier alpha value is -3.46. The molecule has 0 bridgehead atoms. The minimum Gasteiger partial charge on any atom is -0.369 e. The van der Waals surface area contributed by atoms with Gasteiger partial charge in [-0.1, -0.05) is 24.6 Å². The van der Waals surface area contributed by atoms with Crippen molar-refractivity contribution in [3.05, 3.63) is 70.8 Å². The standard InChI is InChI=1S/C24H25BrN6O2/c1-31(17-6-3-2-4-7-17)23(33)15-10-12-16(13-11-15)28-24-27-14-19(25)22(30-24)29-20-9-5-8-18(20)21(26)32/h2-4,6-7,10-14,18,20H,5,8-9H2,1H3,(H2,26,32)(H2,27,28,29,30)/t18-,20+/m0/s1. The Bertz CT molecular complexity index is 1140. The second-order valence-corrected chi connectivity index (χ2v) is 8.84. The van der Waals surface area contributed by atoms with E-state index in [1.54, 1.807) is 30.3 Å². The molecule has 1 heterocycles. The lowest BCUT2D eigenvalue weighted by atomic mass is 10.0. The van der Waals surface area contributed by atoms with Crippen LogP contribution >= 0.6 is 15.9 Å². The summed E-state index contributed by atoms with van der Waals surface area (Å²) in [5, 5.41) is 6.49. The zero-order valence-corrected chi connectivity index (χ0v) is 19.7. The van der Waals surface area contributed by atoms with Crippen LogP contribution < -0.4 is 21.3 Å². The van der Waals surface area contributed by atoms with E-state index in [0.29, 0.717) is 21.8 Å². The van der Waals surface area contributed by atoms with E-state index >= 15 is 0 Å². The first-order valence-electron chi connectivity index (χ1n) is 10.7. The summed E-state index contributed by atoms with van der Waals surface area (Å²) in [6.07, 6.45) is 4.24. The number of nitrogens with one attached hydrogen (secondary N) is 2. The summed E-state index contributed by atoms with van der Waals surface area (Å²) < 4.78 is 0.702. The molecule has 2 amide bonds. The van der Waals surface area contributed by atoms with Gasteiger partial charge in [-0.25, -0.2) is 4.98 Å². The number of carbonyl (C=O) groups is 2. The Labute approximate surface area is 200 Å². The van der Waals surface area contributed by atoms with Gasteiger partial charge in [0.1, 0.15) is 5.82 Å². The number of primary amides is 1. The number of nitrogens with zero attached hydrogens (tertiary/aromatic N) is 3. The number of para-hydroxylation sites is 1. The Morgan fingerprint density at radius 3 is 2.52 bits per heavy atom. The molecule has 1 saturated carbocycles. The van der Waals surface area contributed by atoms with Gasteiger partial charge in [-0.15, -0.1) is 0 Å². The first-order chi connectivity index (χ1) is 15.9. The number of hydrogen-bond acceptors (Lipinski definition) is 6. The molecule has 0 aliphatic heterocycles. The third-order valence-corrected chi connectivity index (χ3v) is 6.36. The van der Waals surface area contributed by atoms with Crippen molar-refractivity contribution in [2.75, 3.05) is 22.6 Å². The molecule has 9 heteroatoms. The molecular weight excluding hydrogens is 484 g/mol. The van der Waals surface area contributed by atoms with E-state index in [1.165, 1.54) is 0 Å². The normalized spacial score (nSPS) is 17.4. The number of benzene rings is 2. The summed E-state index contributed by atoms with van der Waals surface area (Å²) in [5.41, 5.74) is 7.68. The molecule has 1 fully saturated rings. The third-order valence-electron chi connectivity index (χ3n) is 5.78. The lowest BCUT2D eigenvalue weighted by Gasteiger charge is -2.20. The van der Waals surface area contributed by atoms with E-state index in [4.69, 9.17) is 5.73 Å². The molecule has 2 atom stereocenters. The second-order valence-electron chi connectivity index (χ2n) is 7.98. The van der Waals surface area contributed by atoms with Crippen molar-refractivity contribution >= 4 is 50.9 Å². The fourth-order valence-electron chi connectivity index (χ4n) is 3.97. The third kappa shape index (κ3) is 5.31. The second kappa shape index (κ2) is 9.99. The van der Waals surface area contributed by atoms with Crippen LogP contribution in [0.5, 0.6) is 0 Å². The number of anilines is 4. The van der Waals surface area contributed by atoms with Crippen molar-refractivity contribution in [1.29, 1.82) is 0 Å². The van der Waals surface area contributed by atoms with Crippen LogP contribution in [0, 0.1) is 5.92 Å². The topological polar surface area (TPSA) is 113 Å². The van der Waals surface area contributed by atoms with Gasteiger partial charge in [0, 0.05) is 36.2 Å². The first-order valence-corrected chi connectivity index (χ1v) is 11.5. The van der Waals surface area contributed by atoms with Crippen molar-refractivity contribution in [1.82, 2.24) is 9.97 Å². The molecule has 0 radical (unpaired) electrons. The van der Waals surface area contributed by atoms with Crippen molar-refractivity contribution in [3.8, 4) is 0 Å². The van der Waals surface area contributed by atoms with E-state index in [0.717, 1.165) is 30.6 Å². The van der Waals surface area contributed by atoms with Crippen LogP contribution in [0.25, 0.3) is 0 Å². The van der Waals surface area contributed by atoms with E-state index < -0.39 is 0 Å². The summed E-state index contributed by atoms with van der Waals surface area (Å²) in [6.45, 7) is 0. The zero-order chi connectivity index (χ0) is 23.4. The lowest BCUT2D eigenvalue weighted by Crippen LogP contribution is -2.34. The molecule has 1 aromatic heterocycles. The highest BCUT2D eigenvalue weighted by atomic mass is 79.9. The van der Waals surface area contributed by atoms with Crippen molar-refractivity contribution in [2.45, 2.75) is 25.3 Å². The Balaban J connectivity index is 1.44. The predicted molar refractivity (Wildman–Crippen MR) is 133 cm³/mol.